The Bertz CT molecular complexity index is 1210. The van der Waals surface area contributed by atoms with Crippen LogP contribution in [0, 0.1) is 6.92 Å². The smallest absolute Gasteiger partial charge is 0.141 e. The molecule has 0 bridgehead atoms. The largest absolute Gasteiger partial charge is 0.352 e. The summed E-state index contributed by atoms with van der Waals surface area (Å²) in [4.78, 5) is 21.7. The van der Waals surface area contributed by atoms with Crippen molar-refractivity contribution in [2.45, 2.75) is 20.8 Å². The molecule has 1 N–H and O–H groups in total. The molecule has 5 rings (SSSR count). The van der Waals surface area contributed by atoms with E-state index in [9.17, 15) is 0 Å². The average molecular weight is 411 g/mol. The zero-order valence-corrected chi connectivity index (χ0v) is 18.1. The van der Waals surface area contributed by atoms with Gasteiger partial charge in [0.2, 0.25) is 0 Å². The highest BCUT2D eigenvalue weighted by Gasteiger charge is 2.25. The quantitative estimate of drug-likeness (QED) is 0.494. The number of hydrogen-bond acceptors (Lipinski definition) is 5. The van der Waals surface area contributed by atoms with Gasteiger partial charge in [0, 0.05) is 36.6 Å². The molecule has 0 spiro atoms. The van der Waals surface area contributed by atoms with Gasteiger partial charge in [0.15, 0.2) is 0 Å². The van der Waals surface area contributed by atoms with Gasteiger partial charge < -0.3 is 14.8 Å². The molecule has 4 aromatic rings. The maximum absolute atomic E-state index is 4.97. The third-order valence-corrected chi connectivity index (χ3v) is 5.88. The highest BCUT2D eigenvalue weighted by molar-refractivity contribution is 5.87. The molecule has 31 heavy (non-hydrogen) atoms. The Balaban J connectivity index is 1.68. The molecule has 0 unspecified atom stereocenters. The van der Waals surface area contributed by atoms with Crippen molar-refractivity contribution in [1.82, 2.24) is 19.9 Å². The van der Waals surface area contributed by atoms with E-state index >= 15 is 0 Å². The van der Waals surface area contributed by atoms with Crippen molar-refractivity contribution >= 4 is 11.4 Å². The molecule has 156 valence electrons. The van der Waals surface area contributed by atoms with E-state index in [1.165, 1.54) is 23.3 Å². The van der Waals surface area contributed by atoms with Crippen LogP contribution in [-0.2, 0) is 0 Å². The van der Waals surface area contributed by atoms with Crippen molar-refractivity contribution in [2.24, 2.45) is 0 Å². The highest BCUT2D eigenvalue weighted by atomic mass is 15.4. The van der Waals surface area contributed by atoms with Crippen LogP contribution in [0.1, 0.15) is 19.4 Å². The third kappa shape index (κ3) is 3.44. The molecular weight excluding hydrogens is 384 g/mol. The number of hydrogen-bond donors (Lipinski definition) is 1. The minimum absolute atomic E-state index is 0.773. The number of aromatic nitrogens is 4. The van der Waals surface area contributed by atoms with Crippen molar-refractivity contribution < 1.29 is 0 Å². The summed E-state index contributed by atoms with van der Waals surface area (Å²) in [6.45, 7) is 9.43. The molecule has 0 saturated heterocycles. The van der Waals surface area contributed by atoms with Gasteiger partial charge in [-0.05, 0) is 39.0 Å². The van der Waals surface area contributed by atoms with Gasteiger partial charge >= 0.3 is 0 Å². The zero-order valence-electron chi connectivity index (χ0n) is 18.1. The summed E-state index contributed by atoms with van der Waals surface area (Å²) >= 11 is 0. The topological polar surface area (TPSA) is 60.9 Å². The molecule has 1 aliphatic rings. The van der Waals surface area contributed by atoms with Gasteiger partial charge in [0.25, 0.3) is 0 Å². The molecule has 2 aromatic heterocycles. The summed E-state index contributed by atoms with van der Waals surface area (Å²) in [5.41, 5.74) is 8.82. The summed E-state index contributed by atoms with van der Waals surface area (Å²) in [6, 6.07) is 15.2. The van der Waals surface area contributed by atoms with Gasteiger partial charge in [-0.15, -0.1) is 0 Å². The van der Waals surface area contributed by atoms with Gasteiger partial charge in [-0.3, -0.25) is 0 Å². The summed E-state index contributed by atoms with van der Waals surface area (Å²) in [7, 11) is 0. The first-order valence-electron chi connectivity index (χ1n) is 10.7. The Labute approximate surface area is 182 Å². The number of nitrogens with zero attached hydrogens (tertiary/aromatic N) is 5. The van der Waals surface area contributed by atoms with Crippen molar-refractivity contribution in [3.8, 4) is 33.9 Å². The second-order valence-electron chi connectivity index (χ2n) is 7.86. The molecule has 0 aliphatic carbocycles. The number of nitrogens with one attached hydrogen (secondary N) is 1. The predicted molar refractivity (Wildman–Crippen MR) is 126 cm³/mol. The van der Waals surface area contributed by atoms with E-state index in [2.05, 4.69) is 88.0 Å². The van der Waals surface area contributed by atoms with E-state index in [0.717, 1.165) is 53.7 Å². The van der Waals surface area contributed by atoms with Crippen LogP contribution in [0.25, 0.3) is 33.9 Å². The van der Waals surface area contributed by atoms with Crippen molar-refractivity contribution in [3.05, 3.63) is 66.7 Å². The lowest BCUT2D eigenvalue weighted by Crippen LogP contribution is -2.30. The summed E-state index contributed by atoms with van der Waals surface area (Å²) in [5, 5.41) is 0. The van der Waals surface area contributed by atoms with Crippen LogP contribution >= 0.6 is 0 Å². The minimum Gasteiger partial charge on any atom is -0.352 e. The van der Waals surface area contributed by atoms with Crippen LogP contribution in [0.4, 0.5) is 11.4 Å². The summed E-state index contributed by atoms with van der Waals surface area (Å²) < 4.78 is 0. The standard InChI is InChI=1S/C25H26N6/c1-4-30-16-31(5-2)22-12-19(9-10-21(22)30)24-23(18-8-6-7-17(3)11-18)28-25(29-24)20-13-26-15-27-14-20/h6-15H,4-5,16H2,1-3H3,(H,28,29). The van der Waals surface area contributed by atoms with Gasteiger partial charge in [0.05, 0.1) is 35.0 Å². The second-order valence-corrected chi connectivity index (χ2v) is 7.86. The molecular formula is C25H26N6. The van der Waals surface area contributed by atoms with Gasteiger partial charge in [0.1, 0.15) is 12.2 Å². The van der Waals surface area contributed by atoms with Crippen molar-refractivity contribution in [3.63, 3.8) is 0 Å². The Morgan fingerprint density at radius 3 is 2.39 bits per heavy atom. The van der Waals surface area contributed by atoms with Crippen molar-refractivity contribution in [1.29, 1.82) is 0 Å². The van der Waals surface area contributed by atoms with E-state index in [0.29, 0.717) is 0 Å². The highest BCUT2D eigenvalue weighted by Crippen LogP contribution is 2.41. The first-order chi connectivity index (χ1) is 15.2. The number of anilines is 2. The maximum atomic E-state index is 4.97. The molecule has 6 nitrogen and oxygen atoms in total. The normalized spacial score (nSPS) is 13.0. The number of H-pyrrole nitrogens is 1. The van der Waals surface area contributed by atoms with E-state index in [4.69, 9.17) is 4.98 Å². The lowest BCUT2D eigenvalue weighted by atomic mass is 10.0. The summed E-state index contributed by atoms with van der Waals surface area (Å²) in [6.07, 6.45) is 5.11. The third-order valence-electron chi connectivity index (χ3n) is 5.88. The fraction of sp³-hybridized carbons (Fsp3) is 0.240. The zero-order chi connectivity index (χ0) is 21.4. The molecule has 1 aliphatic heterocycles. The Kier molecular flexibility index (Phi) is 4.90. The van der Waals surface area contributed by atoms with Crippen LogP contribution < -0.4 is 9.80 Å². The molecule has 2 aromatic carbocycles. The molecule has 0 amide bonds. The van der Waals surface area contributed by atoms with E-state index in [1.54, 1.807) is 12.4 Å². The first kappa shape index (κ1) is 19.3. The first-order valence-corrected chi connectivity index (χ1v) is 10.7. The number of benzene rings is 2. The van der Waals surface area contributed by atoms with Crippen LogP contribution in [0.15, 0.2) is 61.2 Å². The Morgan fingerprint density at radius 2 is 1.65 bits per heavy atom. The Hall–Kier alpha value is -3.67. The van der Waals surface area contributed by atoms with Gasteiger partial charge in [-0.25, -0.2) is 15.0 Å². The number of imidazole rings is 1. The molecule has 0 radical (unpaired) electrons. The molecule has 0 fully saturated rings. The monoisotopic (exact) mass is 410 g/mol. The van der Waals surface area contributed by atoms with E-state index in [1.807, 2.05) is 0 Å². The number of aryl methyl sites for hydroxylation is 1. The molecule has 3 heterocycles. The molecule has 0 atom stereocenters. The van der Waals surface area contributed by atoms with Gasteiger partial charge in [-0.2, -0.15) is 0 Å². The van der Waals surface area contributed by atoms with Crippen LogP contribution in [0.5, 0.6) is 0 Å². The SMILES string of the molecule is CCN1CN(CC)c2cc(-c3[nH]c(-c4cncnc4)nc3-c3cccc(C)c3)ccc21. The number of fused-ring (bicyclic) bond motifs is 1. The second kappa shape index (κ2) is 7.87. The van der Waals surface area contributed by atoms with E-state index in [-0.39, 0.29) is 0 Å². The van der Waals surface area contributed by atoms with Crippen LogP contribution in [0.3, 0.4) is 0 Å². The molecule has 6 heteroatoms. The fourth-order valence-corrected chi connectivity index (χ4v) is 4.24. The maximum Gasteiger partial charge on any atom is 0.141 e. The summed E-state index contributed by atoms with van der Waals surface area (Å²) in [5.74, 6) is 0.773. The van der Waals surface area contributed by atoms with Crippen molar-refractivity contribution in [2.75, 3.05) is 29.6 Å². The van der Waals surface area contributed by atoms with Gasteiger partial charge in [-0.1, -0.05) is 29.8 Å². The van der Waals surface area contributed by atoms with Crippen LogP contribution in [0.2, 0.25) is 0 Å². The lowest BCUT2D eigenvalue weighted by molar-refractivity contribution is 0.801. The minimum atomic E-state index is 0.773. The average Bonchev–Trinajstić information content (AvgIpc) is 3.41. The number of aromatic amines is 1. The lowest BCUT2D eigenvalue weighted by Gasteiger charge is -2.18. The predicted octanol–water partition coefficient (Wildman–Crippen LogP) is 5.13. The van der Waals surface area contributed by atoms with Crippen LogP contribution in [-0.4, -0.2) is 39.7 Å². The fourth-order valence-electron chi connectivity index (χ4n) is 4.24. The number of rotatable bonds is 5. The van der Waals surface area contributed by atoms with E-state index < -0.39 is 0 Å². The Morgan fingerprint density at radius 1 is 0.871 bits per heavy atom. The molecule has 0 saturated carbocycles.